The van der Waals surface area contributed by atoms with Crippen LogP contribution in [0.15, 0.2) is 24.5 Å². The molecule has 1 saturated heterocycles. The normalized spacial score (nSPS) is 19.4. The first-order valence-corrected chi connectivity index (χ1v) is 5.30. The number of rotatable bonds is 3. The second-order valence-electron chi connectivity index (χ2n) is 3.60. The number of hydrogen-bond donors (Lipinski definition) is 1. The van der Waals surface area contributed by atoms with Gasteiger partial charge in [-0.3, -0.25) is 10.3 Å². The molecule has 5 nitrogen and oxygen atoms in total. The van der Waals surface area contributed by atoms with Gasteiger partial charge < -0.3 is 9.47 Å². The number of hydrogen-bond acceptors (Lipinski definition) is 4. The SMILES string of the molecule is O=C(Nc1cccnc1)OC[C@@H]1CCCO1. The Morgan fingerprint density at radius 1 is 1.69 bits per heavy atom. The van der Waals surface area contributed by atoms with E-state index in [-0.39, 0.29) is 6.10 Å². The molecule has 0 aliphatic carbocycles. The molecule has 2 rings (SSSR count). The molecule has 1 aliphatic heterocycles. The van der Waals surface area contributed by atoms with Crippen LogP contribution in [-0.2, 0) is 9.47 Å². The van der Waals surface area contributed by atoms with Crippen molar-refractivity contribution in [2.24, 2.45) is 0 Å². The highest BCUT2D eigenvalue weighted by Gasteiger charge is 2.17. The molecule has 1 aliphatic rings. The summed E-state index contributed by atoms with van der Waals surface area (Å²) in [5, 5.41) is 2.59. The van der Waals surface area contributed by atoms with E-state index in [1.54, 1.807) is 24.5 Å². The maximum absolute atomic E-state index is 11.4. The van der Waals surface area contributed by atoms with E-state index < -0.39 is 6.09 Å². The third-order valence-corrected chi connectivity index (χ3v) is 2.33. The Kier molecular flexibility index (Phi) is 3.71. The molecule has 0 saturated carbocycles. The van der Waals surface area contributed by atoms with Crippen molar-refractivity contribution in [1.29, 1.82) is 0 Å². The largest absolute Gasteiger partial charge is 0.447 e. The molecule has 0 radical (unpaired) electrons. The summed E-state index contributed by atoms with van der Waals surface area (Å²) in [7, 11) is 0. The van der Waals surface area contributed by atoms with Gasteiger partial charge in [0.05, 0.1) is 18.0 Å². The van der Waals surface area contributed by atoms with Crippen molar-refractivity contribution < 1.29 is 14.3 Å². The summed E-state index contributed by atoms with van der Waals surface area (Å²) < 4.78 is 10.4. The van der Waals surface area contributed by atoms with Crippen LogP contribution in [0.2, 0.25) is 0 Å². The molecule has 1 N–H and O–H groups in total. The number of aromatic nitrogens is 1. The predicted octanol–water partition coefficient (Wildman–Crippen LogP) is 1.81. The minimum Gasteiger partial charge on any atom is -0.447 e. The van der Waals surface area contributed by atoms with E-state index in [9.17, 15) is 4.79 Å². The van der Waals surface area contributed by atoms with Crippen LogP contribution in [0.25, 0.3) is 0 Å². The summed E-state index contributed by atoms with van der Waals surface area (Å²) in [5.74, 6) is 0. The smallest absolute Gasteiger partial charge is 0.411 e. The van der Waals surface area contributed by atoms with Gasteiger partial charge in [-0.2, -0.15) is 0 Å². The summed E-state index contributed by atoms with van der Waals surface area (Å²) in [6.07, 6.45) is 4.79. The Morgan fingerprint density at radius 2 is 2.62 bits per heavy atom. The van der Waals surface area contributed by atoms with E-state index in [0.29, 0.717) is 12.3 Å². The second-order valence-corrected chi connectivity index (χ2v) is 3.60. The fraction of sp³-hybridized carbons (Fsp3) is 0.455. The van der Waals surface area contributed by atoms with Crippen molar-refractivity contribution in [3.05, 3.63) is 24.5 Å². The zero-order chi connectivity index (χ0) is 11.2. The van der Waals surface area contributed by atoms with Crippen molar-refractivity contribution in [2.75, 3.05) is 18.5 Å². The van der Waals surface area contributed by atoms with Crippen LogP contribution in [0, 0.1) is 0 Å². The minimum atomic E-state index is -0.469. The third-order valence-electron chi connectivity index (χ3n) is 2.33. The molecule has 0 bridgehead atoms. The summed E-state index contributed by atoms with van der Waals surface area (Å²) in [5.41, 5.74) is 0.625. The van der Waals surface area contributed by atoms with Crippen LogP contribution in [0.4, 0.5) is 10.5 Å². The molecular formula is C11H14N2O3. The van der Waals surface area contributed by atoms with E-state index >= 15 is 0 Å². The number of amides is 1. The van der Waals surface area contributed by atoms with Gasteiger partial charge in [-0.25, -0.2) is 4.79 Å². The molecule has 5 heteroatoms. The van der Waals surface area contributed by atoms with Crippen LogP contribution in [0.5, 0.6) is 0 Å². The van der Waals surface area contributed by atoms with Gasteiger partial charge in [0, 0.05) is 12.8 Å². The number of nitrogens with one attached hydrogen (secondary N) is 1. The van der Waals surface area contributed by atoms with E-state index in [1.165, 1.54) is 0 Å². The molecule has 0 spiro atoms. The molecule has 86 valence electrons. The van der Waals surface area contributed by atoms with Crippen molar-refractivity contribution in [1.82, 2.24) is 4.98 Å². The molecule has 1 atom stereocenters. The molecular weight excluding hydrogens is 208 g/mol. The molecule has 1 fully saturated rings. The highest BCUT2D eigenvalue weighted by Crippen LogP contribution is 2.12. The van der Waals surface area contributed by atoms with Crippen LogP contribution in [0.1, 0.15) is 12.8 Å². The first-order chi connectivity index (χ1) is 7.84. The monoisotopic (exact) mass is 222 g/mol. The lowest BCUT2D eigenvalue weighted by molar-refractivity contribution is 0.0484. The van der Waals surface area contributed by atoms with Crippen LogP contribution in [0.3, 0.4) is 0 Å². The van der Waals surface area contributed by atoms with Gasteiger partial charge in [-0.15, -0.1) is 0 Å². The van der Waals surface area contributed by atoms with Crippen molar-refractivity contribution in [3.8, 4) is 0 Å². The summed E-state index contributed by atoms with van der Waals surface area (Å²) in [6, 6.07) is 3.50. The lowest BCUT2D eigenvalue weighted by Crippen LogP contribution is -2.21. The second kappa shape index (κ2) is 5.46. The predicted molar refractivity (Wildman–Crippen MR) is 58.2 cm³/mol. The lowest BCUT2D eigenvalue weighted by Gasteiger charge is -2.10. The van der Waals surface area contributed by atoms with Gasteiger partial charge in [0.1, 0.15) is 6.61 Å². The van der Waals surface area contributed by atoms with E-state index in [0.717, 1.165) is 19.4 Å². The van der Waals surface area contributed by atoms with Crippen molar-refractivity contribution in [2.45, 2.75) is 18.9 Å². The van der Waals surface area contributed by atoms with E-state index in [4.69, 9.17) is 9.47 Å². The maximum Gasteiger partial charge on any atom is 0.411 e. The number of carbonyl (C=O) groups excluding carboxylic acids is 1. The Hall–Kier alpha value is -1.62. The van der Waals surface area contributed by atoms with Crippen LogP contribution < -0.4 is 5.32 Å². The van der Waals surface area contributed by atoms with E-state index in [1.807, 2.05) is 0 Å². The maximum atomic E-state index is 11.4. The van der Waals surface area contributed by atoms with Gasteiger partial charge in [-0.05, 0) is 25.0 Å². The highest BCUT2D eigenvalue weighted by atomic mass is 16.6. The van der Waals surface area contributed by atoms with Crippen molar-refractivity contribution in [3.63, 3.8) is 0 Å². The summed E-state index contributed by atoms with van der Waals surface area (Å²) >= 11 is 0. The number of nitrogens with zero attached hydrogens (tertiary/aromatic N) is 1. The van der Waals surface area contributed by atoms with Crippen LogP contribution >= 0.6 is 0 Å². The average molecular weight is 222 g/mol. The molecule has 0 aromatic carbocycles. The molecule has 2 heterocycles. The highest BCUT2D eigenvalue weighted by molar-refractivity contribution is 5.84. The Morgan fingerprint density at radius 3 is 3.31 bits per heavy atom. The number of carbonyl (C=O) groups is 1. The molecule has 0 unspecified atom stereocenters. The van der Waals surface area contributed by atoms with Gasteiger partial charge in [0.2, 0.25) is 0 Å². The van der Waals surface area contributed by atoms with E-state index in [2.05, 4.69) is 10.3 Å². The summed E-state index contributed by atoms with van der Waals surface area (Å²) in [6.45, 7) is 1.07. The number of pyridine rings is 1. The van der Waals surface area contributed by atoms with Gasteiger partial charge in [-0.1, -0.05) is 0 Å². The Labute approximate surface area is 93.8 Å². The first kappa shape index (κ1) is 10.9. The van der Waals surface area contributed by atoms with Gasteiger partial charge >= 0.3 is 6.09 Å². The van der Waals surface area contributed by atoms with Gasteiger partial charge in [0.15, 0.2) is 0 Å². The molecule has 1 amide bonds. The third kappa shape index (κ3) is 3.20. The zero-order valence-electron chi connectivity index (χ0n) is 8.89. The minimum absolute atomic E-state index is 0.0552. The zero-order valence-corrected chi connectivity index (χ0v) is 8.89. The number of ether oxygens (including phenoxy) is 2. The van der Waals surface area contributed by atoms with Crippen LogP contribution in [-0.4, -0.2) is 30.4 Å². The van der Waals surface area contributed by atoms with Crippen molar-refractivity contribution >= 4 is 11.8 Å². The lowest BCUT2D eigenvalue weighted by atomic mass is 10.2. The van der Waals surface area contributed by atoms with Gasteiger partial charge in [0.25, 0.3) is 0 Å². The standard InChI is InChI=1S/C11H14N2O3/c14-11(13-9-3-1-5-12-7-9)16-8-10-4-2-6-15-10/h1,3,5,7,10H,2,4,6,8H2,(H,13,14)/t10-/m0/s1. The molecule has 1 aromatic rings. The Balaban J connectivity index is 1.72. The fourth-order valence-electron chi connectivity index (χ4n) is 1.54. The average Bonchev–Trinajstić information content (AvgIpc) is 2.81. The summed E-state index contributed by atoms with van der Waals surface area (Å²) in [4.78, 5) is 15.2. The molecule has 16 heavy (non-hydrogen) atoms. The first-order valence-electron chi connectivity index (χ1n) is 5.30. The quantitative estimate of drug-likeness (QED) is 0.847. The Bertz CT molecular complexity index is 336. The topological polar surface area (TPSA) is 60.5 Å². The molecule has 1 aromatic heterocycles. The fourth-order valence-corrected chi connectivity index (χ4v) is 1.54. The number of anilines is 1.